The zero-order chi connectivity index (χ0) is 16.1. The molecule has 23 heavy (non-hydrogen) atoms. The average molecular weight is 314 g/mol. The monoisotopic (exact) mass is 314 g/mol. The minimum atomic E-state index is -0.107. The summed E-state index contributed by atoms with van der Waals surface area (Å²) in [7, 11) is 1.63. The molecule has 0 aromatic carbocycles. The number of pyridine rings is 1. The Balaban J connectivity index is 1.68. The van der Waals surface area contributed by atoms with Gasteiger partial charge in [-0.1, -0.05) is 6.07 Å². The van der Waals surface area contributed by atoms with Crippen molar-refractivity contribution in [3.8, 4) is 5.88 Å². The van der Waals surface area contributed by atoms with Crippen LogP contribution >= 0.6 is 0 Å². The van der Waals surface area contributed by atoms with Crippen LogP contribution in [0.15, 0.2) is 30.7 Å². The number of amides is 1. The van der Waals surface area contributed by atoms with Gasteiger partial charge in [-0.2, -0.15) is 0 Å². The van der Waals surface area contributed by atoms with Crippen molar-refractivity contribution in [1.29, 1.82) is 0 Å². The molecule has 1 aliphatic rings. The summed E-state index contributed by atoms with van der Waals surface area (Å²) in [6.07, 6.45) is 5.26. The zero-order valence-electron chi connectivity index (χ0n) is 12.9. The van der Waals surface area contributed by atoms with Crippen molar-refractivity contribution in [3.63, 3.8) is 0 Å². The first-order chi connectivity index (χ1) is 11.3. The number of ether oxygens (including phenoxy) is 2. The Bertz CT molecular complexity index is 678. The number of carbonyl (C=O) groups excluding carboxylic acids is 1. The van der Waals surface area contributed by atoms with E-state index in [1.165, 1.54) is 12.4 Å². The van der Waals surface area contributed by atoms with Gasteiger partial charge in [0.25, 0.3) is 5.91 Å². The molecule has 0 fully saturated rings. The normalized spacial score (nSPS) is 13.5. The summed E-state index contributed by atoms with van der Waals surface area (Å²) < 4.78 is 10.5. The van der Waals surface area contributed by atoms with Crippen molar-refractivity contribution in [2.45, 2.75) is 13.0 Å². The third-order valence-electron chi connectivity index (χ3n) is 3.63. The van der Waals surface area contributed by atoms with Crippen LogP contribution in [0.25, 0.3) is 0 Å². The molecule has 0 saturated heterocycles. The van der Waals surface area contributed by atoms with E-state index >= 15 is 0 Å². The summed E-state index contributed by atoms with van der Waals surface area (Å²) in [4.78, 5) is 26.7. The molecule has 0 aliphatic carbocycles. The Morgan fingerprint density at radius 1 is 1.30 bits per heavy atom. The highest BCUT2D eigenvalue weighted by molar-refractivity contribution is 5.92. The molecule has 0 atom stereocenters. The van der Waals surface area contributed by atoms with Gasteiger partial charge in [-0.25, -0.2) is 9.97 Å². The van der Waals surface area contributed by atoms with Crippen molar-refractivity contribution in [2.24, 2.45) is 0 Å². The highest BCUT2D eigenvalue weighted by Gasteiger charge is 2.23. The van der Waals surface area contributed by atoms with E-state index in [1.54, 1.807) is 18.2 Å². The van der Waals surface area contributed by atoms with Gasteiger partial charge < -0.3 is 14.4 Å². The second-order valence-corrected chi connectivity index (χ2v) is 5.16. The quantitative estimate of drug-likeness (QED) is 0.769. The minimum Gasteiger partial charge on any atom is -0.475 e. The number of carbonyl (C=O) groups is 1. The fraction of sp³-hybridized carbons (Fsp3) is 0.375. The number of methoxy groups -OCH3 is 1. The number of fused-ring (bicyclic) bond motifs is 1. The summed E-state index contributed by atoms with van der Waals surface area (Å²) in [6.45, 7) is 2.13. The third kappa shape index (κ3) is 3.62. The molecule has 3 heterocycles. The fourth-order valence-corrected chi connectivity index (χ4v) is 2.45. The Hall–Kier alpha value is -2.54. The second-order valence-electron chi connectivity index (χ2n) is 5.16. The van der Waals surface area contributed by atoms with Crippen LogP contribution in [0.1, 0.15) is 21.7 Å². The van der Waals surface area contributed by atoms with Gasteiger partial charge in [0.15, 0.2) is 0 Å². The molecule has 7 heteroatoms. The molecule has 3 rings (SSSR count). The molecule has 0 saturated carbocycles. The van der Waals surface area contributed by atoms with Crippen molar-refractivity contribution >= 4 is 5.91 Å². The predicted octanol–water partition coefficient (Wildman–Crippen LogP) is 1.10. The Labute approximate surface area is 134 Å². The molecule has 0 radical (unpaired) electrons. The Morgan fingerprint density at radius 3 is 3.00 bits per heavy atom. The van der Waals surface area contributed by atoms with Crippen LogP contribution < -0.4 is 4.74 Å². The maximum atomic E-state index is 12.4. The van der Waals surface area contributed by atoms with E-state index in [2.05, 4.69) is 15.0 Å². The Kier molecular flexibility index (Phi) is 4.77. The molecule has 2 aromatic rings. The van der Waals surface area contributed by atoms with E-state index in [1.807, 2.05) is 12.1 Å². The molecule has 0 unspecified atom stereocenters. The second kappa shape index (κ2) is 7.15. The lowest BCUT2D eigenvalue weighted by molar-refractivity contribution is 0.0726. The average Bonchev–Trinajstić information content (AvgIpc) is 2.61. The van der Waals surface area contributed by atoms with Crippen molar-refractivity contribution in [3.05, 3.63) is 47.7 Å². The lowest BCUT2D eigenvalue weighted by atomic mass is 10.1. The highest BCUT2D eigenvalue weighted by atomic mass is 16.5. The largest absolute Gasteiger partial charge is 0.475 e. The summed E-state index contributed by atoms with van der Waals surface area (Å²) in [5.74, 6) is 0.485. The van der Waals surface area contributed by atoms with E-state index in [-0.39, 0.29) is 5.91 Å². The van der Waals surface area contributed by atoms with Crippen LogP contribution in [0.2, 0.25) is 0 Å². The first kappa shape index (κ1) is 15.4. The molecule has 0 N–H and O–H groups in total. The first-order valence-corrected chi connectivity index (χ1v) is 7.44. The molecule has 7 nitrogen and oxygen atoms in total. The summed E-state index contributed by atoms with van der Waals surface area (Å²) in [5, 5.41) is 0. The number of aromatic nitrogens is 3. The first-order valence-electron chi connectivity index (χ1n) is 7.44. The van der Waals surface area contributed by atoms with Crippen LogP contribution in [-0.4, -0.2) is 52.6 Å². The van der Waals surface area contributed by atoms with Gasteiger partial charge in [0.05, 0.1) is 18.5 Å². The number of nitrogens with zero attached hydrogens (tertiary/aromatic N) is 4. The van der Waals surface area contributed by atoms with Crippen LogP contribution in [-0.2, 0) is 17.7 Å². The Morgan fingerprint density at radius 2 is 2.22 bits per heavy atom. The van der Waals surface area contributed by atoms with Crippen molar-refractivity contribution < 1.29 is 14.3 Å². The van der Waals surface area contributed by atoms with Gasteiger partial charge in [0, 0.05) is 45.1 Å². The van der Waals surface area contributed by atoms with Gasteiger partial charge in [0.1, 0.15) is 12.3 Å². The van der Waals surface area contributed by atoms with Gasteiger partial charge in [0.2, 0.25) is 5.88 Å². The van der Waals surface area contributed by atoms with Gasteiger partial charge >= 0.3 is 0 Å². The zero-order valence-corrected chi connectivity index (χ0v) is 12.9. The molecule has 1 amide bonds. The van der Waals surface area contributed by atoms with Crippen molar-refractivity contribution in [1.82, 2.24) is 19.9 Å². The maximum absolute atomic E-state index is 12.4. The van der Waals surface area contributed by atoms with Crippen molar-refractivity contribution in [2.75, 3.05) is 26.9 Å². The fourth-order valence-electron chi connectivity index (χ4n) is 2.45. The van der Waals surface area contributed by atoms with Crippen LogP contribution in [0, 0.1) is 0 Å². The van der Waals surface area contributed by atoms with Crippen LogP contribution in [0.4, 0.5) is 0 Å². The topological polar surface area (TPSA) is 77.4 Å². The van der Waals surface area contributed by atoms with E-state index in [0.717, 1.165) is 11.3 Å². The minimum absolute atomic E-state index is 0.107. The summed E-state index contributed by atoms with van der Waals surface area (Å²) in [6, 6.07) is 3.78. The molecule has 0 spiro atoms. The van der Waals surface area contributed by atoms with Crippen LogP contribution in [0.3, 0.4) is 0 Å². The highest BCUT2D eigenvalue weighted by Crippen LogP contribution is 2.21. The molecule has 2 aromatic heterocycles. The SMILES string of the molecule is COCCOc1ccc2c(n1)CCN(C(=O)c1cnccn1)C2. The third-order valence-corrected chi connectivity index (χ3v) is 3.63. The number of rotatable bonds is 5. The lowest BCUT2D eigenvalue weighted by Crippen LogP contribution is -2.36. The standard InChI is InChI=1S/C16H18N4O3/c1-22-8-9-23-15-3-2-12-11-20(7-4-13(12)19-15)16(21)14-10-17-5-6-18-14/h2-3,5-6,10H,4,7-9,11H2,1H3. The van der Waals surface area contributed by atoms with E-state index in [9.17, 15) is 4.79 Å². The molecule has 120 valence electrons. The van der Waals surface area contributed by atoms with Crippen LogP contribution in [0.5, 0.6) is 5.88 Å². The predicted molar refractivity (Wildman–Crippen MR) is 82.1 cm³/mol. The summed E-state index contributed by atoms with van der Waals surface area (Å²) in [5.41, 5.74) is 2.37. The smallest absolute Gasteiger partial charge is 0.274 e. The van der Waals surface area contributed by atoms with E-state index in [0.29, 0.717) is 44.3 Å². The van der Waals surface area contributed by atoms with Gasteiger partial charge in [-0.3, -0.25) is 9.78 Å². The molecule has 0 bridgehead atoms. The maximum Gasteiger partial charge on any atom is 0.274 e. The number of hydrogen-bond donors (Lipinski definition) is 0. The molecular formula is C16H18N4O3. The molecular weight excluding hydrogens is 296 g/mol. The van der Waals surface area contributed by atoms with Gasteiger partial charge in [-0.15, -0.1) is 0 Å². The van der Waals surface area contributed by atoms with Gasteiger partial charge in [-0.05, 0) is 5.56 Å². The molecule has 1 aliphatic heterocycles. The number of hydrogen-bond acceptors (Lipinski definition) is 6. The van der Waals surface area contributed by atoms with E-state index < -0.39 is 0 Å². The van der Waals surface area contributed by atoms with E-state index in [4.69, 9.17) is 9.47 Å². The summed E-state index contributed by atoms with van der Waals surface area (Å²) >= 11 is 0. The lowest BCUT2D eigenvalue weighted by Gasteiger charge is -2.28.